The van der Waals surface area contributed by atoms with Gasteiger partial charge in [0, 0.05) is 18.3 Å². The predicted molar refractivity (Wildman–Crippen MR) is 73.1 cm³/mol. The summed E-state index contributed by atoms with van der Waals surface area (Å²) in [5, 5.41) is 3.40. The fourth-order valence-electron chi connectivity index (χ4n) is 1.88. The first kappa shape index (κ1) is 12.4. The normalized spacial score (nSPS) is 16.8. The van der Waals surface area contributed by atoms with Crippen LogP contribution in [0.3, 0.4) is 0 Å². The van der Waals surface area contributed by atoms with Crippen LogP contribution in [-0.4, -0.2) is 28.0 Å². The quantitative estimate of drug-likeness (QED) is 0.559. The van der Waals surface area contributed by atoms with Gasteiger partial charge in [-0.25, -0.2) is 10.8 Å². The summed E-state index contributed by atoms with van der Waals surface area (Å²) in [6.07, 6.45) is 4.37. The van der Waals surface area contributed by atoms with Gasteiger partial charge in [0.25, 0.3) is 0 Å². The number of hydrogen-bond donors (Lipinski definition) is 3. The maximum Gasteiger partial charge on any atom is 0.239 e. The molecule has 1 aliphatic heterocycles. The Labute approximate surface area is 106 Å². The molecule has 1 saturated heterocycles. The standard InChI is InChI=1S/C11H19N5S/c1-8-6-14-11(16-12)15-10(8)13-7-9-2-4-17-5-3-9/h6,9H,2-5,7,12H2,1H3,(H2,13,14,15,16). The first-order valence-electron chi connectivity index (χ1n) is 5.91. The summed E-state index contributed by atoms with van der Waals surface area (Å²) in [5.74, 6) is 9.97. The molecule has 5 nitrogen and oxygen atoms in total. The second-order valence-corrected chi connectivity index (χ2v) is 5.53. The molecule has 0 aromatic carbocycles. The molecule has 1 fully saturated rings. The molecule has 0 atom stereocenters. The molecule has 17 heavy (non-hydrogen) atoms. The topological polar surface area (TPSA) is 75.9 Å². The highest BCUT2D eigenvalue weighted by Gasteiger charge is 2.14. The number of aromatic nitrogens is 2. The van der Waals surface area contributed by atoms with Crippen LogP contribution in [0, 0.1) is 12.8 Å². The molecule has 1 aromatic heterocycles. The zero-order valence-corrected chi connectivity index (χ0v) is 10.9. The van der Waals surface area contributed by atoms with Crippen molar-refractivity contribution in [1.29, 1.82) is 0 Å². The third kappa shape index (κ3) is 3.47. The van der Waals surface area contributed by atoms with E-state index in [1.54, 1.807) is 6.20 Å². The fourth-order valence-corrected chi connectivity index (χ4v) is 3.09. The van der Waals surface area contributed by atoms with Crippen LogP contribution in [0.4, 0.5) is 11.8 Å². The van der Waals surface area contributed by atoms with Gasteiger partial charge in [0.15, 0.2) is 0 Å². The van der Waals surface area contributed by atoms with E-state index < -0.39 is 0 Å². The van der Waals surface area contributed by atoms with Gasteiger partial charge in [-0.1, -0.05) is 0 Å². The minimum absolute atomic E-state index is 0.456. The zero-order chi connectivity index (χ0) is 12.1. The van der Waals surface area contributed by atoms with Gasteiger partial charge < -0.3 is 5.32 Å². The van der Waals surface area contributed by atoms with Crippen LogP contribution in [0.5, 0.6) is 0 Å². The first-order valence-corrected chi connectivity index (χ1v) is 7.07. The van der Waals surface area contributed by atoms with Crippen molar-refractivity contribution in [2.75, 3.05) is 28.8 Å². The molecule has 2 rings (SSSR count). The smallest absolute Gasteiger partial charge is 0.239 e. The number of aryl methyl sites for hydroxylation is 1. The third-order valence-electron chi connectivity index (χ3n) is 3.00. The van der Waals surface area contributed by atoms with Crippen molar-refractivity contribution in [3.63, 3.8) is 0 Å². The lowest BCUT2D eigenvalue weighted by molar-refractivity contribution is 0.515. The van der Waals surface area contributed by atoms with Gasteiger partial charge in [0.2, 0.25) is 5.95 Å². The molecule has 0 spiro atoms. The molecule has 0 unspecified atom stereocenters. The Morgan fingerprint density at radius 3 is 2.94 bits per heavy atom. The van der Waals surface area contributed by atoms with Crippen LogP contribution in [0.1, 0.15) is 18.4 Å². The summed E-state index contributed by atoms with van der Waals surface area (Å²) < 4.78 is 0. The largest absolute Gasteiger partial charge is 0.369 e. The Morgan fingerprint density at radius 1 is 1.47 bits per heavy atom. The molecule has 6 heteroatoms. The highest BCUT2D eigenvalue weighted by Crippen LogP contribution is 2.23. The van der Waals surface area contributed by atoms with Crippen molar-refractivity contribution >= 4 is 23.5 Å². The second-order valence-electron chi connectivity index (χ2n) is 4.31. The molecular formula is C11H19N5S. The maximum absolute atomic E-state index is 5.30. The molecule has 94 valence electrons. The summed E-state index contributed by atoms with van der Waals surface area (Å²) in [6, 6.07) is 0. The Kier molecular flexibility index (Phi) is 4.44. The lowest BCUT2D eigenvalue weighted by Crippen LogP contribution is -2.20. The van der Waals surface area contributed by atoms with E-state index in [-0.39, 0.29) is 0 Å². The number of rotatable bonds is 4. The van der Waals surface area contributed by atoms with Gasteiger partial charge >= 0.3 is 0 Å². The number of nitrogens with two attached hydrogens (primary N) is 1. The number of anilines is 2. The van der Waals surface area contributed by atoms with Gasteiger partial charge in [0.1, 0.15) is 5.82 Å². The van der Waals surface area contributed by atoms with Crippen LogP contribution in [0.25, 0.3) is 0 Å². The van der Waals surface area contributed by atoms with E-state index in [9.17, 15) is 0 Å². The Morgan fingerprint density at radius 2 is 2.24 bits per heavy atom. The van der Waals surface area contributed by atoms with Gasteiger partial charge in [-0.05, 0) is 37.2 Å². The summed E-state index contributed by atoms with van der Waals surface area (Å²) >= 11 is 2.05. The molecule has 0 amide bonds. The number of hydrogen-bond acceptors (Lipinski definition) is 6. The molecule has 0 radical (unpaired) electrons. The lowest BCUT2D eigenvalue weighted by atomic mass is 10.0. The van der Waals surface area contributed by atoms with E-state index in [0.29, 0.717) is 5.95 Å². The molecule has 4 N–H and O–H groups in total. The van der Waals surface area contributed by atoms with Gasteiger partial charge in [0.05, 0.1) is 0 Å². The van der Waals surface area contributed by atoms with E-state index in [2.05, 4.69) is 20.7 Å². The van der Waals surface area contributed by atoms with Gasteiger partial charge in [-0.2, -0.15) is 16.7 Å². The van der Waals surface area contributed by atoms with Crippen LogP contribution in [-0.2, 0) is 0 Å². The highest BCUT2D eigenvalue weighted by atomic mass is 32.2. The number of hydrazine groups is 1. The molecular weight excluding hydrogens is 234 g/mol. The van der Waals surface area contributed by atoms with E-state index >= 15 is 0 Å². The second kappa shape index (κ2) is 6.07. The van der Waals surface area contributed by atoms with Crippen LogP contribution >= 0.6 is 11.8 Å². The summed E-state index contributed by atoms with van der Waals surface area (Å²) in [5.41, 5.74) is 3.52. The van der Waals surface area contributed by atoms with Crippen molar-refractivity contribution in [1.82, 2.24) is 9.97 Å². The zero-order valence-electron chi connectivity index (χ0n) is 10.1. The van der Waals surface area contributed by atoms with Crippen molar-refractivity contribution in [3.05, 3.63) is 11.8 Å². The van der Waals surface area contributed by atoms with E-state index in [4.69, 9.17) is 5.84 Å². The minimum atomic E-state index is 0.456. The predicted octanol–water partition coefficient (Wildman–Crippen LogP) is 1.63. The first-order chi connectivity index (χ1) is 8.29. The molecule has 0 bridgehead atoms. The molecule has 1 aromatic rings. The highest BCUT2D eigenvalue weighted by molar-refractivity contribution is 7.99. The fraction of sp³-hybridized carbons (Fsp3) is 0.636. The van der Waals surface area contributed by atoms with Crippen molar-refractivity contribution < 1.29 is 0 Å². The molecule has 0 aliphatic carbocycles. The number of nitrogens with zero attached hydrogens (tertiary/aromatic N) is 2. The third-order valence-corrected chi connectivity index (χ3v) is 4.05. The van der Waals surface area contributed by atoms with Crippen molar-refractivity contribution in [2.24, 2.45) is 11.8 Å². The van der Waals surface area contributed by atoms with Crippen molar-refractivity contribution in [2.45, 2.75) is 19.8 Å². The monoisotopic (exact) mass is 253 g/mol. The SMILES string of the molecule is Cc1cnc(NN)nc1NCC1CCSCC1. The summed E-state index contributed by atoms with van der Waals surface area (Å²) in [7, 11) is 0. The Balaban J connectivity index is 1.92. The average Bonchev–Trinajstić information content (AvgIpc) is 2.39. The van der Waals surface area contributed by atoms with Crippen LogP contribution < -0.4 is 16.6 Å². The van der Waals surface area contributed by atoms with Gasteiger partial charge in [-0.3, -0.25) is 5.43 Å². The molecule has 2 heterocycles. The van der Waals surface area contributed by atoms with E-state index in [0.717, 1.165) is 23.8 Å². The number of nitrogen functional groups attached to an aromatic ring is 1. The Hall–Kier alpha value is -1.01. The average molecular weight is 253 g/mol. The minimum Gasteiger partial charge on any atom is -0.369 e. The number of nitrogens with one attached hydrogen (secondary N) is 2. The maximum atomic E-state index is 5.30. The molecule has 1 aliphatic rings. The summed E-state index contributed by atoms with van der Waals surface area (Å²) in [6.45, 7) is 2.99. The lowest BCUT2D eigenvalue weighted by Gasteiger charge is -2.22. The van der Waals surface area contributed by atoms with E-state index in [1.807, 2.05) is 18.7 Å². The van der Waals surface area contributed by atoms with Crippen LogP contribution in [0.2, 0.25) is 0 Å². The Bertz CT molecular complexity index is 365. The molecule has 0 saturated carbocycles. The van der Waals surface area contributed by atoms with Crippen LogP contribution in [0.15, 0.2) is 6.20 Å². The summed E-state index contributed by atoms with van der Waals surface area (Å²) in [4.78, 5) is 8.37. The number of thioether (sulfide) groups is 1. The van der Waals surface area contributed by atoms with Crippen molar-refractivity contribution in [3.8, 4) is 0 Å². The van der Waals surface area contributed by atoms with E-state index in [1.165, 1.54) is 24.3 Å². The van der Waals surface area contributed by atoms with Gasteiger partial charge in [-0.15, -0.1) is 0 Å².